The number of hydrazine groups is 1. The summed E-state index contributed by atoms with van der Waals surface area (Å²) in [5, 5.41) is 7.12. The van der Waals surface area contributed by atoms with Gasteiger partial charge in [-0.25, -0.2) is 18.0 Å². The Balaban J connectivity index is 0.000000486. The van der Waals surface area contributed by atoms with Crippen molar-refractivity contribution < 1.29 is 36.2 Å². The van der Waals surface area contributed by atoms with Crippen molar-refractivity contribution in [1.82, 2.24) is 5.43 Å². The maximum Gasteiger partial charge on any atom is 0.490 e. The quantitative estimate of drug-likeness (QED) is 0.334. The third kappa shape index (κ3) is 6.90. The summed E-state index contributed by atoms with van der Waals surface area (Å²) in [4.78, 5) is 8.97. The minimum atomic E-state index is -5.08. The van der Waals surface area contributed by atoms with Gasteiger partial charge in [0, 0.05) is 24.1 Å². The van der Waals surface area contributed by atoms with E-state index in [0.717, 1.165) is 0 Å². The Hall–Kier alpha value is -1.88. The zero-order valence-electron chi connectivity index (χ0n) is 9.97. The first-order chi connectivity index (χ1) is 9.48. The molecular formula is C10H8F6N2O2S. The van der Waals surface area contributed by atoms with Crippen molar-refractivity contribution in [2.24, 2.45) is 5.84 Å². The molecule has 11 heteroatoms. The molecule has 0 bridgehead atoms. The Kier molecular flexibility index (Phi) is 7.09. The van der Waals surface area contributed by atoms with Crippen molar-refractivity contribution in [3.05, 3.63) is 35.1 Å². The van der Waals surface area contributed by atoms with Crippen LogP contribution in [0.1, 0.15) is 5.56 Å². The van der Waals surface area contributed by atoms with Gasteiger partial charge in [-0.05, 0) is 0 Å². The number of carboxylic acids is 1. The summed E-state index contributed by atoms with van der Waals surface area (Å²) < 4.78 is 70.2. The van der Waals surface area contributed by atoms with Crippen molar-refractivity contribution in [3.63, 3.8) is 0 Å². The van der Waals surface area contributed by atoms with E-state index in [1.165, 1.54) is 0 Å². The molecule has 0 radical (unpaired) electrons. The number of halogens is 6. The molecule has 0 aliphatic rings. The molecule has 1 rings (SSSR count). The van der Waals surface area contributed by atoms with E-state index in [1.807, 2.05) is 0 Å². The minimum absolute atomic E-state index is 0.0782. The molecule has 0 amide bonds. The van der Waals surface area contributed by atoms with E-state index in [9.17, 15) is 26.3 Å². The molecular weight excluding hydrogens is 326 g/mol. The molecule has 118 valence electrons. The maximum atomic E-state index is 13.0. The maximum absolute atomic E-state index is 13.0. The van der Waals surface area contributed by atoms with Crippen LogP contribution >= 0.6 is 12.2 Å². The van der Waals surface area contributed by atoms with E-state index in [4.69, 9.17) is 15.7 Å². The van der Waals surface area contributed by atoms with Crippen LogP contribution in [-0.4, -0.2) is 22.2 Å². The van der Waals surface area contributed by atoms with E-state index in [2.05, 4.69) is 17.6 Å². The number of nitrogens with two attached hydrogens (primary N) is 1. The molecule has 21 heavy (non-hydrogen) atoms. The lowest BCUT2D eigenvalue weighted by Crippen LogP contribution is -2.30. The highest BCUT2D eigenvalue weighted by Gasteiger charge is 2.38. The molecule has 0 aliphatic carbocycles. The van der Waals surface area contributed by atoms with Gasteiger partial charge in [0.15, 0.2) is 0 Å². The highest BCUT2D eigenvalue weighted by atomic mass is 32.1. The summed E-state index contributed by atoms with van der Waals surface area (Å²) in [6, 6.07) is 1.19. The van der Waals surface area contributed by atoms with Crippen molar-refractivity contribution in [1.29, 1.82) is 0 Å². The van der Waals surface area contributed by atoms with Gasteiger partial charge in [-0.2, -0.15) is 13.2 Å². The smallest absolute Gasteiger partial charge is 0.475 e. The minimum Gasteiger partial charge on any atom is -0.475 e. The molecule has 1 aromatic rings. The molecule has 1 aromatic carbocycles. The van der Waals surface area contributed by atoms with Gasteiger partial charge in [0.1, 0.15) is 17.5 Å². The topological polar surface area (TPSA) is 75.3 Å². The van der Waals surface area contributed by atoms with Gasteiger partial charge in [0.2, 0.25) is 0 Å². The average Bonchev–Trinajstić information content (AvgIpc) is 2.32. The lowest BCUT2D eigenvalue weighted by molar-refractivity contribution is -0.192. The monoisotopic (exact) mass is 334 g/mol. The molecule has 0 saturated carbocycles. The molecule has 0 aromatic heterocycles. The average molecular weight is 334 g/mol. The summed E-state index contributed by atoms with van der Waals surface area (Å²) in [6.45, 7) is 0. The van der Waals surface area contributed by atoms with Crippen molar-refractivity contribution >= 4 is 23.2 Å². The van der Waals surface area contributed by atoms with Crippen LogP contribution in [0.5, 0.6) is 0 Å². The van der Waals surface area contributed by atoms with Crippen molar-refractivity contribution in [3.8, 4) is 0 Å². The number of rotatable bonds is 2. The van der Waals surface area contributed by atoms with Crippen LogP contribution in [0.3, 0.4) is 0 Å². The lowest BCUT2D eigenvalue weighted by Gasteiger charge is -2.05. The largest absolute Gasteiger partial charge is 0.490 e. The van der Waals surface area contributed by atoms with E-state index in [-0.39, 0.29) is 17.0 Å². The molecule has 4 nitrogen and oxygen atoms in total. The van der Waals surface area contributed by atoms with Gasteiger partial charge in [-0.1, -0.05) is 12.2 Å². The van der Waals surface area contributed by atoms with Gasteiger partial charge in [0.05, 0.1) is 4.99 Å². The fourth-order valence-electron chi connectivity index (χ4n) is 0.953. The predicted molar refractivity (Wildman–Crippen MR) is 63.6 cm³/mol. The number of hydrogen-bond acceptors (Lipinski definition) is 3. The van der Waals surface area contributed by atoms with E-state index in [0.29, 0.717) is 12.1 Å². The van der Waals surface area contributed by atoms with E-state index >= 15 is 0 Å². The second-order valence-corrected chi connectivity index (χ2v) is 3.89. The summed E-state index contributed by atoms with van der Waals surface area (Å²) >= 11 is 4.63. The number of thiocarbonyl (C=S) groups is 1. The first-order valence-electron chi connectivity index (χ1n) is 4.92. The predicted octanol–water partition coefficient (Wildman–Crippen LogP) is 2.07. The van der Waals surface area contributed by atoms with Crippen LogP contribution in [0, 0.1) is 17.5 Å². The van der Waals surface area contributed by atoms with Gasteiger partial charge in [0.25, 0.3) is 0 Å². The normalized spacial score (nSPS) is 10.4. The third-order valence-corrected chi connectivity index (χ3v) is 2.11. The molecule has 0 heterocycles. The van der Waals surface area contributed by atoms with Crippen LogP contribution in [0.15, 0.2) is 12.1 Å². The molecule has 0 unspecified atom stereocenters. The van der Waals surface area contributed by atoms with E-state index < -0.39 is 29.6 Å². The number of hydrogen-bond donors (Lipinski definition) is 3. The molecule has 4 N–H and O–H groups in total. The zero-order valence-corrected chi connectivity index (χ0v) is 10.8. The van der Waals surface area contributed by atoms with Crippen LogP contribution < -0.4 is 11.3 Å². The summed E-state index contributed by atoms with van der Waals surface area (Å²) in [7, 11) is 0. The number of alkyl halides is 3. The van der Waals surface area contributed by atoms with Crippen molar-refractivity contribution in [2.75, 3.05) is 0 Å². The van der Waals surface area contributed by atoms with Crippen LogP contribution in [0.2, 0.25) is 0 Å². The molecule has 0 spiro atoms. The zero-order chi connectivity index (χ0) is 16.8. The fraction of sp³-hybridized carbons (Fsp3) is 0.200. The van der Waals surface area contributed by atoms with Crippen LogP contribution in [0.25, 0.3) is 0 Å². The van der Waals surface area contributed by atoms with Crippen molar-refractivity contribution in [2.45, 2.75) is 12.6 Å². The van der Waals surface area contributed by atoms with E-state index in [1.54, 1.807) is 0 Å². The number of nitrogens with one attached hydrogen (secondary N) is 1. The van der Waals surface area contributed by atoms with Crippen LogP contribution in [-0.2, 0) is 11.2 Å². The van der Waals surface area contributed by atoms with Crippen LogP contribution in [0.4, 0.5) is 26.3 Å². The second-order valence-electron chi connectivity index (χ2n) is 3.40. The summed E-state index contributed by atoms with van der Waals surface area (Å²) in [5.74, 6) is -0.724. The molecule has 0 fully saturated rings. The summed E-state index contributed by atoms with van der Waals surface area (Å²) in [5.41, 5.74) is 1.79. The summed E-state index contributed by atoms with van der Waals surface area (Å²) in [6.07, 6.45) is -5.27. The van der Waals surface area contributed by atoms with Gasteiger partial charge in [-0.15, -0.1) is 0 Å². The standard InChI is InChI=1S/C8H7F3N2S.C2HF3O2/c9-4-1-6(10)5(7(11)2-4)3-8(14)13-12;3-2(4,5)1(6)7/h1-2H,3,12H2,(H,13,14);(H,6,7). The number of carboxylic acid groups (broad SMARTS) is 1. The highest BCUT2D eigenvalue weighted by Crippen LogP contribution is 2.15. The first-order valence-corrected chi connectivity index (χ1v) is 5.32. The fourth-order valence-corrected chi connectivity index (χ4v) is 1.10. The Morgan fingerprint density at radius 3 is 1.90 bits per heavy atom. The number of carbonyl (C=O) groups is 1. The van der Waals surface area contributed by atoms with Gasteiger partial charge >= 0.3 is 12.1 Å². The lowest BCUT2D eigenvalue weighted by atomic mass is 10.1. The SMILES string of the molecule is NNC(=S)Cc1c(F)cc(F)cc1F.O=C(O)C(F)(F)F. The molecule has 0 saturated heterocycles. The first kappa shape index (κ1) is 19.1. The molecule has 0 atom stereocenters. The Labute approximate surface area is 119 Å². The van der Waals surface area contributed by atoms with Gasteiger partial charge in [-0.3, -0.25) is 5.84 Å². The Bertz CT molecular complexity index is 512. The Morgan fingerprint density at radius 2 is 1.62 bits per heavy atom. The number of benzene rings is 1. The number of aliphatic carboxylic acids is 1. The highest BCUT2D eigenvalue weighted by molar-refractivity contribution is 7.80. The Morgan fingerprint density at radius 1 is 1.24 bits per heavy atom. The second kappa shape index (κ2) is 7.78. The van der Waals surface area contributed by atoms with Gasteiger partial charge < -0.3 is 10.5 Å². The molecule has 0 aliphatic heterocycles. The third-order valence-electron chi connectivity index (χ3n) is 1.85.